The smallest absolute Gasteiger partial charge is 0.0208 e. The van der Waals surface area contributed by atoms with Crippen molar-refractivity contribution in [3.05, 3.63) is 0 Å². The van der Waals surface area contributed by atoms with E-state index in [9.17, 15) is 0 Å². The van der Waals surface area contributed by atoms with E-state index in [1.807, 2.05) is 0 Å². The predicted octanol–water partition coefficient (Wildman–Crippen LogP) is 3.35. The molecular formula is C9H15Br. The van der Waals surface area contributed by atoms with Crippen LogP contribution in [0.1, 0.15) is 38.5 Å². The minimum absolute atomic E-state index is 0.908. The third-order valence-electron chi connectivity index (χ3n) is 3.05. The van der Waals surface area contributed by atoms with Crippen LogP contribution in [-0.4, -0.2) is 4.83 Å². The first kappa shape index (κ1) is 7.15. The van der Waals surface area contributed by atoms with Gasteiger partial charge in [0, 0.05) is 4.83 Å². The largest absolute Gasteiger partial charge is 0.0884 e. The second-order valence-corrected chi connectivity index (χ2v) is 4.82. The molecule has 0 amide bonds. The van der Waals surface area contributed by atoms with E-state index < -0.39 is 0 Å². The molecule has 0 heterocycles. The van der Waals surface area contributed by atoms with Gasteiger partial charge in [0.2, 0.25) is 0 Å². The van der Waals surface area contributed by atoms with Crippen LogP contribution in [0.4, 0.5) is 0 Å². The van der Waals surface area contributed by atoms with Gasteiger partial charge >= 0.3 is 0 Å². The Morgan fingerprint density at radius 1 is 0.800 bits per heavy atom. The maximum atomic E-state index is 3.74. The van der Waals surface area contributed by atoms with Crippen molar-refractivity contribution in [2.45, 2.75) is 43.4 Å². The maximum absolute atomic E-state index is 3.74. The van der Waals surface area contributed by atoms with Crippen LogP contribution in [0.15, 0.2) is 0 Å². The fourth-order valence-corrected chi connectivity index (χ4v) is 3.39. The Bertz CT molecular complexity index is 108. The summed E-state index contributed by atoms with van der Waals surface area (Å²) in [6.07, 6.45) is 8.96. The number of hydrogen-bond donors (Lipinski definition) is 0. The van der Waals surface area contributed by atoms with Gasteiger partial charge in [0.15, 0.2) is 0 Å². The molecule has 0 bridgehead atoms. The van der Waals surface area contributed by atoms with Crippen LogP contribution in [0.25, 0.3) is 0 Å². The van der Waals surface area contributed by atoms with E-state index in [2.05, 4.69) is 15.9 Å². The summed E-state index contributed by atoms with van der Waals surface area (Å²) in [5.74, 6) is 2.14. The van der Waals surface area contributed by atoms with E-state index in [0.717, 1.165) is 16.7 Å². The van der Waals surface area contributed by atoms with Gasteiger partial charge in [-0.05, 0) is 24.7 Å². The van der Waals surface area contributed by atoms with E-state index in [1.54, 1.807) is 0 Å². The Balaban J connectivity index is 1.86. The summed E-state index contributed by atoms with van der Waals surface area (Å²) in [4.78, 5) is 0.908. The van der Waals surface area contributed by atoms with Crippen LogP contribution in [0.5, 0.6) is 0 Å². The van der Waals surface area contributed by atoms with Gasteiger partial charge in [-0.25, -0.2) is 0 Å². The number of alkyl halides is 1. The Morgan fingerprint density at radius 2 is 1.30 bits per heavy atom. The molecule has 2 aliphatic carbocycles. The fraction of sp³-hybridized carbons (Fsp3) is 1.00. The summed E-state index contributed by atoms with van der Waals surface area (Å²) in [5, 5.41) is 0. The molecule has 0 spiro atoms. The van der Waals surface area contributed by atoms with Crippen LogP contribution in [0, 0.1) is 11.8 Å². The van der Waals surface area contributed by atoms with Crippen molar-refractivity contribution >= 4 is 15.9 Å². The standard InChI is InChI=1S/C9H15Br/c10-9-7-5-3-1-2-4-6-8(7)9/h7-9H,1-6H2/t7-,8-/m1/s1. The van der Waals surface area contributed by atoms with E-state index in [0.29, 0.717) is 0 Å². The number of fused-ring (bicyclic) bond motifs is 1. The highest BCUT2D eigenvalue weighted by Crippen LogP contribution is 2.52. The molecule has 2 atom stereocenters. The summed E-state index contributed by atoms with van der Waals surface area (Å²) >= 11 is 3.74. The minimum Gasteiger partial charge on any atom is -0.0884 e. The molecule has 0 unspecified atom stereocenters. The monoisotopic (exact) mass is 202 g/mol. The normalized spacial score (nSPS) is 47.1. The second-order valence-electron chi connectivity index (χ2n) is 3.76. The van der Waals surface area contributed by atoms with Crippen molar-refractivity contribution in [3.8, 4) is 0 Å². The molecule has 0 saturated heterocycles. The molecule has 0 aliphatic heterocycles. The highest BCUT2D eigenvalue weighted by Gasteiger charge is 2.46. The van der Waals surface area contributed by atoms with Gasteiger partial charge in [-0.1, -0.05) is 41.6 Å². The Labute approximate surface area is 71.5 Å². The molecule has 2 fully saturated rings. The summed E-state index contributed by atoms with van der Waals surface area (Å²) in [7, 11) is 0. The minimum atomic E-state index is 0.908. The molecule has 0 aromatic heterocycles. The van der Waals surface area contributed by atoms with Crippen LogP contribution in [-0.2, 0) is 0 Å². The average Bonchev–Trinajstić information content (AvgIpc) is 2.39. The van der Waals surface area contributed by atoms with Gasteiger partial charge in [-0.2, -0.15) is 0 Å². The molecule has 0 N–H and O–H groups in total. The third-order valence-corrected chi connectivity index (χ3v) is 4.41. The summed E-state index contributed by atoms with van der Waals surface area (Å²) < 4.78 is 0. The lowest BCUT2D eigenvalue weighted by atomic mass is 10.0. The summed E-state index contributed by atoms with van der Waals surface area (Å²) in [6.45, 7) is 0. The first-order valence-electron chi connectivity index (χ1n) is 4.53. The lowest BCUT2D eigenvalue weighted by Crippen LogP contribution is -1.90. The number of rotatable bonds is 0. The first-order chi connectivity index (χ1) is 4.89. The molecular weight excluding hydrogens is 188 g/mol. The van der Waals surface area contributed by atoms with E-state index >= 15 is 0 Å². The molecule has 0 radical (unpaired) electrons. The van der Waals surface area contributed by atoms with Crippen LogP contribution >= 0.6 is 15.9 Å². The second kappa shape index (κ2) is 2.84. The molecule has 2 rings (SSSR count). The molecule has 58 valence electrons. The summed E-state index contributed by atoms with van der Waals surface area (Å²) in [6, 6.07) is 0. The van der Waals surface area contributed by atoms with Crippen molar-refractivity contribution in [1.82, 2.24) is 0 Å². The van der Waals surface area contributed by atoms with Gasteiger partial charge in [0.05, 0.1) is 0 Å². The molecule has 2 saturated carbocycles. The zero-order valence-electron chi connectivity index (χ0n) is 6.35. The first-order valence-corrected chi connectivity index (χ1v) is 5.45. The predicted molar refractivity (Wildman–Crippen MR) is 47.4 cm³/mol. The third kappa shape index (κ3) is 1.25. The Morgan fingerprint density at radius 3 is 1.80 bits per heavy atom. The van der Waals surface area contributed by atoms with Gasteiger partial charge in [0.25, 0.3) is 0 Å². The number of hydrogen-bond acceptors (Lipinski definition) is 0. The van der Waals surface area contributed by atoms with Gasteiger partial charge in [-0.15, -0.1) is 0 Å². The van der Waals surface area contributed by atoms with Crippen molar-refractivity contribution in [2.75, 3.05) is 0 Å². The van der Waals surface area contributed by atoms with Crippen molar-refractivity contribution < 1.29 is 0 Å². The zero-order chi connectivity index (χ0) is 6.97. The highest BCUT2D eigenvalue weighted by atomic mass is 79.9. The SMILES string of the molecule is BrC1[C@@H]2CCCCCC[C@@H]12. The Kier molecular flexibility index (Phi) is 2.03. The molecule has 2 aliphatic rings. The quantitative estimate of drug-likeness (QED) is 0.529. The highest BCUT2D eigenvalue weighted by molar-refractivity contribution is 9.09. The van der Waals surface area contributed by atoms with Crippen LogP contribution in [0.3, 0.4) is 0 Å². The van der Waals surface area contributed by atoms with Crippen molar-refractivity contribution in [1.29, 1.82) is 0 Å². The van der Waals surface area contributed by atoms with Gasteiger partial charge < -0.3 is 0 Å². The van der Waals surface area contributed by atoms with Crippen molar-refractivity contribution in [2.24, 2.45) is 11.8 Å². The van der Waals surface area contributed by atoms with Crippen LogP contribution in [0.2, 0.25) is 0 Å². The van der Waals surface area contributed by atoms with E-state index in [1.165, 1.54) is 38.5 Å². The van der Waals surface area contributed by atoms with Crippen LogP contribution < -0.4 is 0 Å². The lowest BCUT2D eigenvalue weighted by Gasteiger charge is -2.04. The zero-order valence-corrected chi connectivity index (χ0v) is 7.94. The molecule has 0 aromatic rings. The van der Waals surface area contributed by atoms with Crippen molar-refractivity contribution in [3.63, 3.8) is 0 Å². The fourth-order valence-electron chi connectivity index (χ4n) is 2.26. The van der Waals surface area contributed by atoms with Gasteiger partial charge in [0.1, 0.15) is 0 Å². The average molecular weight is 203 g/mol. The topological polar surface area (TPSA) is 0 Å². The maximum Gasteiger partial charge on any atom is 0.0208 e. The van der Waals surface area contributed by atoms with Gasteiger partial charge in [-0.3, -0.25) is 0 Å². The van der Waals surface area contributed by atoms with E-state index in [4.69, 9.17) is 0 Å². The lowest BCUT2D eigenvalue weighted by molar-refractivity contribution is 0.485. The Hall–Kier alpha value is 0.480. The molecule has 1 heteroatoms. The molecule has 10 heavy (non-hydrogen) atoms. The molecule has 0 aromatic carbocycles. The molecule has 0 nitrogen and oxygen atoms in total. The van der Waals surface area contributed by atoms with E-state index in [-0.39, 0.29) is 0 Å². The number of halogens is 1. The summed E-state index contributed by atoms with van der Waals surface area (Å²) in [5.41, 5.74) is 0.